The first-order valence-corrected chi connectivity index (χ1v) is 5.89. The van der Waals surface area contributed by atoms with Gasteiger partial charge in [0.25, 0.3) is 0 Å². The van der Waals surface area contributed by atoms with E-state index in [1.54, 1.807) is 6.20 Å². The Balaban J connectivity index is 2.40. The lowest BCUT2D eigenvalue weighted by molar-refractivity contribution is -0.139. The van der Waals surface area contributed by atoms with Crippen LogP contribution >= 0.6 is 0 Å². The van der Waals surface area contributed by atoms with Crippen LogP contribution in [0.1, 0.15) is 37.8 Å². The predicted octanol–water partition coefficient (Wildman–Crippen LogP) is 2.69. The molecule has 1 N–H and O–H groups in total. The largest absolute Gasteiger partial charge is 0.481 e. The zero-order valence-electron chi connectivity index (χ0n) is 9.84. The number of fused-ring (bicyclic) bond motifs is 1. The minimum atomic E-state index is -0.764. The molecular formula is C13H16N2O2. The highest BCUT2D eigenvalue weighted by Crippen LogP contribution is 2.23. The molecule has 0 aliphatic carbocycles. The molecule has 0 aliphatic heterocycles. The van der Waals surface area contributed by atoms with Crippen molar-refractivity contribution in [2.45, 2.75) is 32.1 Å². The van der Waals surface area contributed by atoms with Crippen molar-refractivity contribution in [2.24, 2.45) is 0 Å². The first kappa shape index (κ1) is 11.6. The van der Waals surface area contributed by atoms with Crippen LogP contribution in [-0.2, 0) is 4.79 Å². The quantitative estimate of drug-likeness (QED) is 0.862. The molecule has 0 saturated carbocycles. The van der Waals surface area contributed by atoms with Crippen molar-refractivity contribution >= 4 is 11.6 Å². The van der Waals surface area contributed by atoms with Gasteiger partial charge in [-0.1, -0.05) is 25.8 Å². The Labute approximate surface area is 99.9 Å². The van der Waals surface area contributed by atoms with E-state index in [2.05, 4.69) is 11.9 Å². The summed E-state index contributed by atoms with van der Waals surface area (Å²) in [7, 11) is 0. The third kappa shape index (κ3) is 2.30. The average Bonchev–Trinajstić information content (AvgIpc) is 2.77. The third-order valence-corrected chi connectivity index (χ3v) is 2.96. The second kappa shape index (κ2) is 4.99. The van der Waals surface area contributed by atoms with Gasteiger partial charge in [0.15, 0.2) is 0 Å². The van der Waals surface area contributed by atoms with Gasteiger partial charge < -0.3 is 9.51 Å². The molecule has 0 spiro atoms. The minimum Gasteiger partial charge on any atom is -0.481 e. The highest BCUT2D eigenvalue weighted by molar-refractivity contribution is 5.75. The number of unbranched alkanes of at least 4 members (excludes halogenated alkanes) is 1. The normalized spacial score (nSPS) is 12.8. The highest BCUT2D eigenvalue weighted by atomic mass is 16.4. The predicted molar refractivity (Wildman–Crippen MR) is 65.1 cm³/mol. The van der Waals surface area contributed by atoms with E-state index in [9.17, 15) is 9.90 Å². The topological polar surface area (TPSA) is 54.6 Å². The standard InChI is InChI=1S/C13H16N2O2/c1-2-3-5-10(13(16)17)11-6-4-7-12-14-8-9-15(11)12/h4,6-10H,2-3,5H2,1H3,(H,16,17). The molecule has 1 atom stereocenters. The van der Waals surface area contributed by atoms with Crippen molar-refractivity contribution in [3.05, 3.63) is 36.3 Å². The van der Waals surface area contributed by atoms with Crippen LogP contribution < -0.4 is 0 Å². The molecule has 4 heteroatoms. The van der Waals surface area contributed by atoms with Gasteiger partial charge in [0.1, 0.15) is 5.65 Å². The van der Waals surface area contributed by atoms with Gasteiger partial charge in [0.05, 0.1) is 5.92 Å². The molecule has 2 aromatic rings. The van der Waals surface area contributed by atoms with E-state index in [4.69, 9.17) is 0 Å². The summed E-state index contributed by atoms with van der Waals surface area (Å²) < 4.78 is 1.86. The number of hydrogen-bond donors (Lipinski definition) is 1. The van der Waals surface area contributed by atoms with Crippen molar-refractivity contribution in [1.29, 1.82) is 0 Å². The summed E-state index contributed by atoms with van der Waals surface area (Å²) in [5.41, 5.74) is 1.60. The molecule has 0 bridgehead atoms. The van der Waals surface area contributed by atoms with E-state index in [0.29, 0.717) is 6.42 Å². The first-order valence-electron chi connectivity index (χ1n) is 5.89. The van der Waals surface area contributed by atoms with Gasteiger partial charge in [-0.15, -0.1) is 0 Å². The van der Waals surface area contributed by atoms with Crippen molar-refractivity contribution in [1.82, 2.24) is 9.38 Å². The number of imidazole rings is 1. The number of carboxylic acids is 1. The van der Waals surface area contributed by atoms with E-state index in [1.807, 2.05) is 28.8 Å². The number of pyridine rings is 1. The minimum absolute atomic E-state index is 0.451. The van der Waals surface area contributed by atoms with Crippen LogP contribution in [0.5, 0.6) is 0 Å². The Bertz CT molecular complexity index is 519. The molecule has 2 heterocycles. The summed E-state index contributed by atoms with van der Waals surface area (Å²) in [6, 6.07) is 5.60. The summed E-state index contributed by atoms with van der Waals surface area (Å²) >= 11 is 0. The first-order chi connectivity index (χ1) is 8.24. The molecule has 0 radical (unpaired) electrons. The summed E-state index contributed by atoms with van der Waals surface area (Å²) in [5.74, 6) is -1.22. The van der Waals surface area contributed by atoms with E-state index in [-0.39, 0.29) is 0 Å². The molecule has 2 rings (SSSR count). The van der Waals surface area contributed by atoms with Crippen molar-refractivity contribution < 1.29 is 9.90 Å². The number of aromatic nitrogens is 2. The summed E-state index contributed by atoms with van der Waals surface area (Å²) in [6.07, 6.45) is 6.10. The maximum absolute atomic E-state index is 11.3. The van der Waals surface area contributed by atoms with Crippen LogP contribution in [0, 0.1) is 0 Å². The van der Waals surface area contributed by atoms with Crippen LogP contribution in [0.3, 0.4) is 0 Å². The molecule has 0 amide bonds. The van der Waals surface area contributed by atoms with Gasteiger partial charge in [0, 0.05) is 18.1 Å². The lowest BCUT2D eigenvalue weighted by Crippen LogP contribution is -2.14. The lowest BCUT2D eigenvalue weighted by atomic mass is 9.98. The fraction of sp³-hybridized carbons (Fsp3) is 0.385. The smallest absolute Gasteiger partial charge is 0.312 e. The second-order valence-electron chi connectivity index (χ2n) is 4.14. The van der Waals surface area contributed by atoms with Gasteiger partial charge >= 0.3 is 5.97 Å². The van der Waals surface area contributed by atoms with Crippen molar-refractivity contribution in [3.8, 4) is 0 Å². The molecule has 0 aromatic carbocycles. The Morgan fingerprint density at radius 2 is 2.35 bits per heavy atom. The zero-order valence-corrected chi connectivity index (χ0v) is 9.84. The number of rotatable bonds is 5. The number of aliphatic carboxylic acids is 1. The van der Waals surface area contributed by atoms with E-state index in [1.165, 1.54) is 0 Å². The molecule has 4 nitrogen and oxygen atoms in total. The van der Waals surface area contributed by atoms with Crippen LogP contribution in [0.2, 0.25) is 0 Å². The molecule has 17 heavy (non-hydrogen) atoms. The number of hydrogen-bond acceptors (Lipinski definition) is 2. The maximum Gasteiger partial charge on any atom is 0.312 e. The van der Waals surface area contributed by atoms with Gasteiger partial charge in [-0.3, -0.25) is 4.79 Å². The third-order valence-electron chi connectivity index (χ3n) is 2.96. The SMILES string of the molecule is CCCCC(C(=O)O)c1cccc2nccn12. The van der Waals surface area contributed by atoms with Gasteiger partial charge in [-0.25, -0.2) is 4.98 Å². The van der Waals surface area contributed by atoms with Gasteiger partial charge in [-0.2, -0.15) is 0 Å². The Morgan fingerprint density at radius 1 is 1.53 bits per heavy atom. The Hall–Kier alpha value is -1.84. The van der Waals surface area contributed by atoms with E-state index in [0.717, 1.165) is 24.2 Å². The highest BCUT2D eigenvalue weighted by Gasteiger charge is 2.21. The summed E-state index contributed by atoms with van der Waals surface area (Å²) in [6.45, 7) is 2.07. The van der Waals surface area contributed by atoms with E-state index < -0.39 is 11.9 Å². The van der Waals surface area contributed by atoms with Crippen LogP contribution in [0.15, 0.2) is 30.6 Å². The molecular weight excluding hydrogens is 216 g/mol. The fourth-order valence-electron chi connectivity index (χ4n) is 2.06. The number of nitrogens with zero attached hydrogens (tertiary/aromatic N) is 2. The molecule has 0 fully saturated rings. The summed E-state index contributed by atoms with van der Waals surface area (Å²) in [4.78, 5) is 15.5. The molecule has 1 unspecified atom stereocenters. The summed E-state index contributed by atoms with van der Waals surface area (Å²) in [5, 5.41) is 9.32. The fourth-order valence-corrected chi connectivity index (χ4v) is 2.06. The van der Waals surface area contributed by atoms with Crippen LogP contribution in [0.4, 0.5) is 0 Å². The number of carboxylic acid groups (broad SMARTS) is 1. The molecule has 90 valence electrons. The van der Waals surface area contributed by atoms with Crippen LogP contribution in [0.25, 0.3) is 5.65 Å². The Kier molecular flexibility index (Phi) is 3.42. The Morgan fingerprint density at radius 3 is 3.06 bits per heavy atom. The molecule has 0 aliphatic rings. The zero-order chi connectivity index (χ0) is 12.3. The number of carbonyl (C=O) groups is 1. The molecule has 0 saturated heterocycles. The molecule has 2 aromatic heterocycles. The van der Waals surface area contributed by atoms with Gasteiger partial charge in [-0.05, 0) is 18.6 Å². The lowest BCUT2D eigenvalue weighted by Gasteiger charge is -2.14. The van der Waals surface area contributed by atoms with Crippen molar-refractivity contribution in [3.63, 3.8) is 0 Å². The van der Waals surface area contributed by atoms with Gasteiger partial charge in [0.2, 0.25) is 0 Å². The average molecular weight is 232 g/mol. The maximum atomic E-state index is 11.3. The van der Waals surface area contributed by atoms with E-state index >= 15 is 0 Å². The second-order valence-corrected chi connectivity index (χ2v) is 4.14. The monoisotopic (exact) mass is 232 g/mol. The van der Waals surface area contributed by atoms with Crippen molar-refractivity contribution in [2.75, 3.05) is 0 Å². The van der Waals surface area contributed by atoms with Crippen LogP contribution in [-0.4, -0.2) is 20.5 Å².